The number of rotatable bonds is 1. The van der Waals surface area contributed by atoms with Crippen LogP contribution in [0.3, 0.4) is 0 Å². The molecule has 2 aromatic heterocycles. The van der Waals surface area contributed by atoms with Gasteiger partial charge in [0.15, 0.2) is 5.43 Å². The average molecular weight is 207 g/mol. The molecule has 0 saturated carbocycles. The van der Waals surface area contributed by atoms with E-state index < -0.39 is 0 Å². The Labute approximate surface area is 85.4 Å². The number of nitrogens with zero attached hydrogens (tertiary/aromatic N) is 1. The number of nitrogens with one attached hydrogen (secondary N) is 1. The number of aromatic nitrogens is 2. The zero-order chi connectivity index (χ0) is 9.97. The Morgan fingerprint density at radius 3 is 2.93 bits per heavy atom. The molecule has 0 aliphatic heterocycles. The summed E-state index contributed by atoms with van der Waals surface area (Å²) in [4.78, 5) is 18.2. The summed E-state index contributed by atoms with van der Waals surface area (Å²) in [6.07, 6.45) is 4.88. The predicted octanol–water partition coefficient (Wildman–Crippen LogP) is 2.09. The van der Waals surface area contributed by atoms with E-state index >= 15 is 0 Å². The van der Waals surface area contributed by atoms with E-state index in [0.29, 0.717) is 10.7 Å². The van der Waals surface area contributed by atoms with Crippen LogP contribution < -0.4 is 5.43 Å². The summed E-state index contributed by atoms with van der Waals surface area (Å²) in [7, 11) is 0. The third-order valence-electron chi connectivity index (χ3n) is 1.85. The lowest BCUT2D eigenvalue weighted by molar-refractivity contribution is 1.28. The van der Waals surface area contributed by atoms with Gasteiger partial charge in [0.1, 0.15) is 5.15 Å². The molecule has 0 atom stereocenters. The van der Waals surface area contributed by atoms with Crippen molar-refractivity contribution in [1.29, 1.82) is 0 Å². The summed E-state index contributed by atoms with van der Waals surface area (Å²) < 4.78 is 0. The van der Waals surface area contributed by atoms with Gasteiger partial charge in [-0.3, -0.25) is 9.78 Å². The topological polar surface area (TPSA) is 45.8 Å². The molecule has 1 N–H and O–H groups in total. The van der Waals surface area contributed by atoms with Crippen LogP contribution in [0.1, 0.15) is 0 Å². The van der Waals surface area contributed by atoms with Gasteiger partial charge < -0.3 is 4.98 Å². The normalized spacial score (nSPS) is 10.1. The molecule has 2 heterocycles. The average Bonchev–Trinajstić information content (AvgIpc) is 2.19. The van der Waals surface area contributed by atoms with Crippen LogP contribution in [0.25, 0.3) is 11.1 Å². The second-order valence-electron chi connectivity index (χ2n) is 2.80. The number of halogens is 1. The lowest BCUT2D eigenvalue weighted by Gasteiger charge is -1.98. The fraction of sp³-hybridized carbons (Fsp3) is 0. The van der Waals surface area contributed by atoms with Gasteiger partial charge in [-0.25, -0.2) is 0 Å². The van der Waals surface area contributed by atoms with E-state index in [-0.39, 0.29) is 5.43 Å². The van der Waals surface area contributed by atoms with Crippen LogP contribution in [0.2, 0.25) is 5.15 Å². The highest BCUT2D eigenvalue weighted by atomic mass is 35.5. The maximum absolute atomic E-state index is 11.5. The predicted molar refractivity (Wildman–Crippen MR) is 55.3 cm³/mol. The van der Waals surface area contributed by atoms with Crippen molar-refractivity contribution in [3.63, 3.8) is 0 Å². The first-order valence-electron chi connectivity index (χ1n) is 4.06. The van der Waals surface area contributed by atoms with Crippen molar-refractivity contribution in [1.82, 2.24) is 9.97 Å². The molecule has 0 amide bonds. The van der Waals surface area contributed by atoms with Crippen LogP contribution in [0.15, 0.2) is 41.6 Å². The molecule has 2 aromatic rings. The molecule has 0 radical (unpaired) electrons. The molecule has 0 bridgehead atoms. The number of H-pyrrole nitrogens is 1. The van der Waals surface area contributed by atoms with Crippen LogP contribution in [-0.4, -0.2) is 9.97 Å². The minimum atomic E-state index is -0.109. The van der Waals surface area contributed by atoms with Gasteiger partial charge in [0.05, 0.1) is 0 Å². The zero-order valence-corrected chi connectivity index (χ0v) is 7.95. The van der Waals surface area contributed by atoms with Gasteiger partial charge in [0.2, 0.25) is 0 Å². The minimum Gasteiger partial charge on any atom is -0.352 e. The van der Waals surface area contributed by atoms with Gasteiger partial charge in [0, 0.05) is 35.8 Å². The third kappa shape index (κ3) is 1.67. The summed E-state index contributed by atoms with van der Waals surface area (Å²) in [5, 5.41) is 0.336. The lowest BCUT2D eigenvalue weighted by atomic mass is 10.1. The Bertz CT molecular complexity index is 493. The van der Waals surface area contributed by atoms with E-state index in [1.54, 1.807) is 24.7 Å². The fourth-order valence-electron chi connectivity index (χ4n) is 1.19. The molecular formula is C10H7ClN2O. The number of aromatic amines is 1. The summed E-state index contributed by atoms with van der Waals surface area (Å²) in [5.74, 6) is 0. The van der Waals surface area contributed by atoms with Crippen molar-refractivity contribution < 1.29 is 0 Å². The molecule has 4 heteroatoms. The van der Waals surface area contributed by atoms with Crippen LogP contribution in [-0.2, 0) is 0 Å². The van der Waals surface area contributed by atoms with Crippen molar-refractivity contribution in [2.24, 2.45) is 0 Å². The highest BCUT2D eigenvalue weighted by Gasteiger charge is 2.02. The van der Waals surface area contributed by atoms with Crippen LogP contribution in [0, 0.1) is 0 Å². The zero-order valence-electron chi connectivity index (χ0n) is 7.20. The van der Waals surface area contributed by atoms with Gasteiger partial charge in [-0.1, -0.05) is 17.7 Å². The first kappa shape index (κ1) is 8.97. The summed E-state index contributed by atoms with van der Waals surface area (Å²) in [5.41, 5.74) is 1.25. The molecule has 0 saturated heterocycles. The molecule has 0 aliphatic carbocycles. The van der Waals surface area contributed by atoms with Crippen molar-refractivity contribution in [2.75, 3.05) is 0 Å². The van der Waals surface area contributed by atoms with Crippen molar-refractivity contribution in [3.05, 3.63) is 52.2 Å². The Balaban J connectivity index is 2.59. The van der Waals surface area contributed by atoms with E-state index in [2.05, 4.69) is 9.97 Å². The van der Waals surface area contributed by atoms with E-state index in [1.165, 1.54) is 6.07 Å². The maximum atomic E-state index is 11.5. The third-order valence-corrected chi connectivity index (χ3v) is 2.07. The van der Waals surface area contributed by atoms with Gasteiger partial charge in [-0.05, 0) is 6.07 Å². The highest BCUT2D eigenvalue weighted by molar-refractivity contribution is 6.29. The van der Waals surface area contributed by atoms with Crippen molar-refractivity contribution in [3.8, 4) is 11.1 Å². The Hall–Kier alpha value is -1.61. The smallest absolute Gasteiger partial charge is 0.190 e. The summed E-state index contributed by atoms with van der Waals surface area (Å²) in [6.45, 7) is 0. The molecular weight excluding hydrogens is 200 g/mol. The second kappa shape index (κ2) is 3.64. The number of hydrogen-bond donors (Lipinski definition) is 1. The van der Waals surface area contributed by atoms with Gasteiger partial charge in [-0.2, -0.15) is 0 Å². The van der Waals surface area contributed by atoms with Crippen LogP contribution >= 0.6 is 11.6 Å². The minimum absolute atomic E-state index is 0.109. The Kier molecular flexibility index (Phi) is 2.33. The van der Waals surface area contributed by atoms with E-state index in [9.17, 15) is 4.79 Å². The Morgan fingerprint density at radius 1 is 1.43 bits per heavy atom. The van der Waals surface area contributed by atoms with Gasteiger partial charge in [-0.15, -0.1) is 0 Å². The molecule has 0 aliphatic rings. The molecule has 0 aromatic carbocycles. The quantitative estimate of drug-likeness (QED) is 0.727. The van der Waals surface area contributed by atoms with Crippen LogP contribution in [0.5, 0.6) is 0 Å². The summed E-state index contributed by atoms with van der Waals surface area (Å²) in [6, 6.07) is 4.96. The fourth-order valence-corrected chi connectivity index (χ4v) is 1.35. The monoisotopic (exact) mass is 206 g/mol. The van der Waals surface area contributed by atoms with Crippen LogP contribution in [0.4, 0.5) is 0 Å². The molecule has 2 rings (SSSR count). The van der Waals surface area contributed by atoms with E-state index in [1.807, 2.05) is 6.07 Å². The molecule has 0 fully saturated rings. The van der Waals surface area contributed by atoms with Crippen molar-refractivity contribution >= 4 is 11.6 Å². The van der Waals surface area contributed by atoms with Gasteiger partial charge >= 0.3 is 0 Å². The molecule has 0 spiro atoms. The maximum Gasteiger partial charge on any atom is 0.190 e. The van der Waals surface area contributed by atoms with E-state index in [4.69, 9.17) is 11.6 Å². The largest absolute Gasteiger partial charge is 0.352 e. The number of pyridine rings is 2. The first-order chi connectivity index (χ1) is 6.77. The molecule has 3 nitrogen and oxygen atoms in total. The molecule has 70 valence electrons. The number of hydrogen-bond acceptors (Lipinski definition) is 2. The molecule has 0 unspecified atom stereocenters. The highest BCUT2D eigenvalue weighted by Crippen LogP contribution is 2.13. The second-order valence-corrected chi connectivity index (χ2v) is 3.21. The Morgan fingerprint density at radius 2 is 2.29 bits per heavy atom. The van der Waals surface area contributed by atoms with Gasteiger partial charge in [0.25, 0.3) is 0 Å². The standard InChI is InChI=1S/C10H7ClN2O/c11-10-4-9(14)8(6-13-10)7-2-1-3-12-5-7/h1-6H,(H,13,14). The molecule has 14 heavy (non-hydrogen) atoms. The van der Waals surface area contributed by atoms with E-state index in [0.717, 1.165) is 5.56 Å². The SMILES string of the molecule is O=c1cc(Cl)[nH]cc1-c1cccnc1. The lowest BCUT2D eigenvalue weighted by Crippen LogP contribution is -2.03. The van der Waals surface area contributed by atoms with Crippen molar-refractivity contribution in [2.45, 2.75) is 0 Å². The first-order valence-corrected chi connectivity index (χ1v) is 4.44. The summed E-state index contributed by atoms with van der Waals surface area (Å²) >= 11 is 5.63.